The van der Waals surface area contributed by atoms with Crippen LogP contribution in [0.1, 0.15) is 37.6 Å². The van der Waals surface area contributed by atoms with E-state index >= 15 is 0 Å². The van der Waals surface area contributed by atoms with Crippen molar-refractivity contribution in [2.45, 2.75) is 38.3 Å². The molecule has 3 heterocycles. The van der Waals surface area contributed by atoms with Crippen molar-refractivity contribution in [3.05, 3.63) is 23.8 Å². The van der Waals surface area contributed by atoms with Crippen LogP contribution in [0.3, 0.4) is 0 Å². The van der Waals surface area contributed by atoms with E-state index in [4.69, 9.17) is 9.47 Å². The first-order valence-corrected chi connectivity index (χ1v) is 7.52. The molecule has 2 aliphatic heterocycles. The van der Waals surface area contributed by atoms with E-state index in [9.17, 15) is 0 Å². The van der Waals surface area contributed by atoms with E-state index < -0.39 is 0 Å². The molecule has 0 radical (unpaired) electrons. The van der Waals surface area contributed by atoms with Gasteiger partial charge < -0.3 is 9.47 Å². The third-order valence-electron chi connectivity index (χ3n) is 4.16. The highest BCUT2D eigenvalue weighted by Crippen LogP contribution is 2.32. The summed E-state index contributed by atoms with van der Waals surface area (Å²) < 4.78 is 11.2. The number of aromatic nitrogens is 2. The maximum atomic E-state index is 5.89. The fraction of sp³-hybridized carbons (Fsp3) is 0.733. The summed E-state index contributed by atoms with van der Waals surface area (Å²) in [6.07, 6.45) is 7.23. The van der Waals surface area contributed by atoms with Gasteiger partial charge in [0.1, 0.15) is 5.60 Å². The first-order valence-electron chi connectivity index (χ1n) is 7.52. The minimum atomic E-state index is -0.296. The van der Waals surface area contributed by atoms with Crippen molar-refractivity contribution >= 4 is 0 Å². The molecule has 0 unspecified atom stereocenters. The molecule has 5 heteroatoms. The van der Waals surface area contributed by atoms with Gasteiger partial charge in [-0.15, -0.1) is 0 Å². The van der Waals surface area contributed by atoms with E-state index in [0.717, 1.165) is 63.7 Å². The standard InChI is InChI=1S/C15H23N3O2/c1-15(4-2-3-7-20-15)14-16-10-13(11-17-14)12-18-5-8-19-9-6-18/h10-11H,2-9,12H2,1H3/t15-/m1/s1. The summed E-state index contributed by atoms with van der Waals surface area (Å²) in [5.41, 5.74) is 0.866. The van der Waals surface area contributed by atoms with Gasteiger partial charge in [-0.3, -0.25) is 4.90 Å². The van der Waals surface area contributed by atoms with Gasteiger partial charge in [0.25, 0.3) is 0 Å². The Balaban J connectivity index is 1.64. The van der Waals surface area contributed by atoms with Crippen LogP contribution in [0.4, 0.5) is 0 Å². The highest BCUT2D eigenvalue weighted by atomic mass is 16.5. The Morgan fingerprint density at radius 3 is 2.55 bits per heavy atom. The van der Waals surface area contributed by atoms with E-state index in [-0.39, 0.29) is 5.60 Å². The van der Waals surface area contributed by atoms with Gasteiger partial charge in [0.2, 0.25) is 0 Å². The van der Waals surface area contributed by atoms with Crippen LogP contribution in [0.25, 0.3) is 0 Å². The predicted molar refractivity (Wildman–Crippen MR) is 75.3 cm³/mol. The lowest BCUT2D eigenvalue weighted by Crippen LogP contribution is -2.36. The van der Waals surface area contributed by atoms with Crippen LogP contribution in [0.2, 0.25) is 0 Å². The zero-order chi connectivity index (χ0) is 13.8. The summed E-state index contributed by atoms with van der Waals surface area (Å²) >= 11 is 0. The van der Waals surface area contributed by atoms with Gasteiger partial charge in [0.05, 0.1) is 13.2 Å². The number of hydrogen-bond acceptors (Lipinski definition) is 5. The highest BCUT2D eigenvalue weighted by molar-refractivity contribution is 5.09. The summed E-state index contributed by atoms with van der Waals surface area (Å²) in [7, 11) is 0. The Kier molecular flexibility index (Phi) is 4.29. The van der Waals surface area contributed by atoms with E-state index in [0.29, 0.717) is 0 Å². The van der Waals surface area contributed by atoms with Gasteiger partial charge in [-0.2, -0.15) is 0 Å². The van der Waals surface area contributed by atoms with Crippen LogP contribution in [-0.2, 0) is 21.6 Å². The summed E-state index contributed by atoms with van der Waals surface area (Å²) in [5, 5.41) is 0. The topological polar surface area (TPSA) is 47.5 Å². The monoisotopic (exact) mass is 277 g/mol. The Hall–Kier alpha value is -1.04. The molecule has 0 amide bonds. The molecular formula is C15H23N3O2. The molecule has 2 fully saturated rings. The lowest BCUT2D eigenvalue weighted by molar-refractivity contribution is -0.0761. The fourth-order valence-electron chi connectivity index (χ4n) is 2.84. The molecular weight excluding hydrogens is 254 g/mol. The third-order valence-corrected chi connectivity index (χ3v) is 4.16. The summed E-state index contributed by atoms with van der Waals surface area (Å²) in [6.45, 7) is 7.45. The van der Waals surface area contributed by atoms with Crippen molar-refractivity contribution in [1.82, 2.24) is 14.9 Å². The second-order valence-corrected chi connectivity index (χ2v) is 5.84. The van der Waals surface area contributed by atoms with Crippen molar-refractivity contribution in [2.24, 2.45) is 0 Å². The Morgan fingerprint density at radius 1 is 1.15 bits per heavy atom. The summed E-state index contributed by atoms with van der Waals surface area (Å²) in [6, 6.07) is 0. The highest BCUT2D eigenvalue weighted by Gasteiger charge is 2.32. The Labute approximate surface area is 120 Å². The lowest BCUT2D eigenvalue weighted by atomic mass is 9.95. The summed E-state index contributed by atoms with van der Waals surface area (Å²) in [5.74, 6) is 0.822. The minimum Gasteiger partial charge on any atom is -0.379 e. The van der Waals surface area contributed by atoms with E-state index in [1.807, 2.05) is 12.4 Å². The van der Waals surface area contributed by atoms with Crippen LogP contribution >= 0.6 is 0 Å². The molecule has 1 aromatic rings. The zero-order valence-corrected chi connectivity index (χ0v) is 12.2. The van der Waals surface area contributed by atoms with Crippen molar-refractivity contribution < 1.29 is 9.47 Å². The minimum absolute atomic E-state index is 0.296. The predicted octanol–water partition coefficient (Wildman–Crippen LogP) is 1.72. The molecule has 2 saturated heterocycles. The van der Waals surface area contributed by atoms with Crippen molar-refractivity contribution in [1.29, 1.82) is 0 Å². The number of hydrogen-bond donors (Lipinski definition) is 0. The number of rotatable bonds is 3. The first kappa shape index (κ1) is 13.9. The van der Waals surface area contributed by atoms with Crippen molar-refractivity contribution in [2.75, 3.05) is 32.9 Å². The third kappa shape index (κ3) is 3.16. The SMILES string of the molecule is C[C@]1(c2ncc(CN3CCOCC3)cn2)CCCCO1. The molecule has 2 aliphatic rings. The van der Waals surface area contributed by atoms with Crippen LogP contribution in [0.5, 0.6) is 0 Å². The van der Waals surface area contributed by atoms with Gasteiger partial charge in [-0.1, -0.05) is 0 Å². The maximum Gasteiger partial charge on any atom is 0.159 e. The first-order chi connectivity index (χ1) is 9.76. The normalized spacial score (nSPS) is 28.4. The van der Waals surface area contributed by atoms with Gasteiger partial charge in [0, 0.05) is 44.2 Å². The van der Waals surface area contributed by atoms with Crippen LogP contribution in [-0.4, -0.2) is 47.8 Å². The van der Waals surface area contributed by atoms with Gasteiger partial charge >= 0.3 is 0 Å². The average Bonchev–Trinajstić information content (AvgIpc) is 2.50. The number of ether oxygens (including phenoxy) is 2. The second-order valence-electron chi connectivity index (χ2n) is 5.84. The molecule has 1 aromatic heterocycles. The largest absolute Gasteiger partial charge is 0.379 e. The molecule has 1 atom stereocenters. The molecule has 0 N–H and O–H groups in total. The summed E-state index contributed by atoms with van der Waals surface area (Å²) in [4.78, 5) is 11.5. The van der Waals surface area contributed by atoms with Crippen molar-refractivity contribution in [3.63, 3.8) is 0 Å². The van der Waals surface area contributed by atoms with Crippen LogP contribution in [0, 0.1) is 0 Å². The number of nitrogens with zero attached hydrogens (tertiary/aromatic N) is 3. The molecule has 0 bridgehead atoms. The smallest absolute Gasteiger partial charge is 0.159 e. The average molecular weight is 277 g/mol. The quantitative estimate of drug-likeness (QED) is 0.842. The molecule has 0 saturated carbocycles. The molecule has 0 spiro atoms. The van der Waals surface area contributed by atoms with Crippen molar-refractivity contribution in [3.8, 4) is 0 Å². The lowest BCUT2D eigenvalue weighted by Gasteiger charge is -2.32. The van der Waals surface area contributed by atoms with Gasteiger partial charge in [-0.25, -0.2) is 9.97 Å². The number of morpholine rings is 1. The molecule has 0 aliphatic carbocycles. The molecule has 0 aromatic carbocycles. The van der Waals surface area contributed by atoms with Crippen LogP contribution < -0.4 is 0 Å². The maximum absolute atomic E-state index is 5.89. The van der Waals surface area contributed by atoms with E-state index in [2.05, 4.69) is 21.8 Å². The molecule has 3 rings (SSSR count). The molecule has 5 nitrogen and oxygen atoms in total. The van der Waals surface area contributed by atoms with E-state index in [1.165, 1.54) is 6.42 Å². The zero-order valence-electron chi connectivity index (χ0n) is 12.2. The van der Waals surface area contributed by atoms with E-state index in [1.54, 1.807) is 0 Å². The fourth-order valence-corrected chi connectivity index (χ4v) is 2.84. The van der Waals surface area contributed by atoms with Crippen LogP contribution in [0.15, 0.2) is 12.4 Å². The van der Waals surface area contributed by atoms with Gasteiger partial charge in [-0.05, 0) is 26.2 Å². The van der Waals surface area contributed by atoms with Gasteiger partial charge in [0.15, 0.2) is 5.82 Å². The Bertz CT molecular complexity index is 423. The molecule has 110 valence electrons. The molecule has 20 heavy (non-hydrogen) atoms. The Morgan fingerprint density at radius 2 is 1.90 bits per heavy atom. The second kappa shape index (κ2) is 6.16.